The largest absolute Gasteiger partial charge is 0.394 e. The van der Waals surface area contributed by atoms with Gasteiger partial charge in [-0.05, 0) is 30.7 Å². The van der Waals surface area contributed by atoms with Gasteiger partial charge in [-0.1, -0.05) is 28.1 Å². The molecule has 0 saturated carbocycles. The highest BCUT2D eigenvalue weighted by Crippen LogP contribution is 2.22. The Bertz CT molecular complexity index is 334. The normalized spacial score (nSPS) is 19.9. The van der Waals surface area contributed by atoms with E-state index < -0.39 is 0 Å². The first kappa shape index (κ1) is 13.0. The van der Waals surface area contributed by atoms with Crippen LogP contribution in [-0.4, -0.2) is 42.8 Å². The lowest BCUT2D eigenvalue weighted by molar-refractivity contribution is 0.130. The van der Waals surface area contributed by atoms with Crippen LogP contribution in [0.25, 0.3) is 0 Å². The third-order valence-corrected chi connectivity index (χ3v) is 3.77. The number of benzene rings is 1. The predicted octanol–water partition coefficient (Wildman–Crippen LogP) is 1.78. The highest BCUT2D eigenvalue weighted by atomic mass is 79.9. The van der Waals surface area contributed by atoms with Gasteiger partial charge in [-0.25, -0.2) is 0 Å². The van der Waals surface area contributed by atoms with Gasteiger partial charge >= 0.3 is 0 Å². The van der Waals surface area contributed by atoms with E-state index in [1.807, 2.05) is 12.1 Å². The van der Waals surface area contributed by atoms with E-state index in [0.29, 0.717) is 0 Å². The Morgan fingerprint density at radius 2 is 2.00 bits per heavy atom. The third kappa shape index (κ3) is 3.52. The maximum absolute atomic E-state index is 9.62. The predicted molar refractivity (Wildman–Crippen MR) is 73.0 cm³/mol. The molecule has 1 atom stereocenters. The highest BCUT2D eigenvalue weighted by Gasteiger charge is 2.20. The van der Waals surface area contributed by atoms with Crippen LogP contribution in [0.2, 0.25) is 0 Å². The fourth-order valence-electron chi connectivity index (χ4n) is 2.29. The fraction of sp³-hybridized carbons (Fsp3) is 0.538. The number of halogens is 1. The van der Waals surface area contributed by atoms with Gasteiger partial charge in [0, 0.05) is 24.1 Å². The first-order chi connectivity index (χ1) is 8.31. The lowest BCUT2D eigenvalue weighted by Gasteiger charge is -2.29. The van der Waals surface area contributed by atoms with Crippen molar-refractivity contribution < 1.29 is 5.11 Å². The van der Waals surface area contributed by atoms with Crippen LogP contribution in [-0.2, 0) is 0 Å². The number of hydrogen-bond acceptors (Lipinski definition) is 3. The van der Waals surface area contributed by atoms with Crippen LogP contribution in [0.5, 0.6) is 0 Å². The van der Waals surface area contributed by atoms with Crippen molar-refractivity contribution in [2.24, 2.45) is 0 Å². The van der Waals surface area contributed by atoms with Crippen LogP contribution in [0.15, 0.2) is 28.7 Å². The molecular formula is C13H19BrN2O. The summed E-state index contributed by atoms with van der Waals surface area (Å²) in [6, 6.07) is 8.37. The molecule has 1 aromatic rings. The summed E-state index contributed by atoms with van der Waals surface area (Å²) in [5.41, 5.74) is 1.19. The molecule has 0 aliphatic carbocycles. The molecule has 1 aromatic carbocycles. The molecule has 1 saturated heterocycles. The number of aliphatic hydroxyl groups is 1. The van der Waals surface area contributed by atoms with Crippen molar-refractivity contribution in [2.75, 3.05) is 32.8 Å². The number of hydrogen-bond donors (Lipinski definition) is 2. The zero-order chi connectivity index (χ0) is 12.1. The minimum Gasteiger partial charge on any atom is -0.394 e. The Morgan fingerprint density at radius 1 is 1.24 bits per heavy atom. The van der Waals surface area contributed by atoms with Crippen LogP contribution >= 0.6 is 15.9 Å². The van der Waals surface area contributed by atoms with Crippen molar-refractivity contribution in [3.63, 3.8) is 0 Å². The first-order valence-electron chi connectivity index (χ1n) is 6.12. The molecule has 4 heteroatoms. The van der Waals surface area contributed by atoms with Crippen molar-refractivity contribution in [1.82, 2.24) is 10.2 Å². The molecule has 0 spiro atoms. The topological polar surface area (TPSA) is 35.5 Å². The maximum Gasteiger partial charge on any atom is 0.0628 e. The Labute approximate surface area is 111 Å². The van der Waals surface area contributed by atoms with Gasteiger partial charge in [-0.15, -0.1) is 0 Å². The molecule has 1 aliphatic rings. The van der Waals surface area contributed by atoms with E-state index in [-0.39, 0.29) is 12.6 Å². The van der Waals surface area contributed by atoms with E-state index in [1.54, 1.807) is 0 Å². The van der Waals surface area contributed by atoms with E-state index in [0.717, 1.165) is 37.1 Å². The molecule has 0 amide bonds. The average molecular weight is 299 g/mol. The summed E-state index contributed by atoms with van der Waals surface area (Å²) < 4.78 is 1.08. The van der Waals surface area contributed by atoms with Crippen molar-refractivity contribution in [3.05, 3.63) is 34.3 Å². The van der Waals surface area contributed by atoms with E-state index >= 15 is 0 Å². The second-order valence-electron chi connectivity index (χ2n) is 4.39. The molecular weight excluding hydrogens is 280 g/mol. The smallest absolute Gasteiger partial charge is 0.0628 e. The van der Waals surface area contributed by atoms with Gasteiger partial charge in [0.05, 0.1) is 12.6 Å². The van der Waals surface area contributed by atoms with Gasteiger partial charge in [-0.2, -0.15) is 0 Å². The maximum atomic E-state index is 9.62. The van der Waals surface area contributed by atoms with Gasteiger partial charge in [0.15, 0.2) is 0 Å². The third-order valence-electron chi connectivity index (χ3n) is 3.24. The van der Waals surface area contributed by atoms with Crippen molar-refractivity contribution in [2.45, 2.75) is 12.5 Å². The molecule has 17 heavy (non-hydrogen) atoms. The van der Waals surface area contributed by atoms with Gasteiger partial charge in [0.1, 0.15) is 0 Å². The SMILES string of the molecule is OCC(c1ccc(Br)cc1)N1CCCNCC1. The van der Waals surface area contributed by atoms with E-state index in [4.69, 9.17) is 0 Å². The molecule has 1 unspecified atom stereocenters. The summed E-state index contributed by atoms with van der Waals surface area (Å²) in [5, 5.41) is 13.0. The van der Waals surface area contributed by atoms with Crippen molar-refractivity contribution in [3.8, 4) is 0 Å². The average Bonchev–Trinajstić information content (AvgIpc) is 2.62. The number of nitrogens with one attached hydrogen (secondary N) is 1. The standard InChI is InChI=1S/C13H19BrN2O/c14-12-4-2-11(3-5-12)13(10-17)16-8-1-6-15-7-9-16/h2-5,13,15,17H,1,6-10H2. The fourth-order valence-corrected chi connectivity index (χ4v) is 2.56. The quantitative estimate of drug-likeness (QED) is 0.893. The Morgan fingerprint density at radius 3 is 2.71 bits per heavy atom. The van der Waals surface area contributed by atoms with Crippen LogP contribution in [0.3, 0.4) is 0 Å². The van der Waals surface area contributed by atoms with Crippen LogP contribution in [0, 0.1) is 0 Å². The molecule has 2 N–H and O–H groups in total. The monoisotopic (exact) mass is 298 g/mol. The van der Waals surface area contributed by atoms with Gasteiger partial charge in [0.2, 0.25) is 0 Å². The van der Waals surface area contributed by atoms with Crippen LogP contribution in [0.4, 0.5) is 0 Å². The second-order valence-corrected chi connectivity index (χ2v) is 5.31. The summed E-state index contributed by atoms with van der Waals surface area (Å²) in [6.45, 7) is 4.32. The second kappa shape index (κ2) is 6.50. The molecule has 1 heterocycles. The minimum absolute atomic E-state index is 0.128. The Balaban J connectivity index is 2.11. The lowest BCUT2D eigenvalue weighted by Crippen LogP contribution is -2.34. The molecule has 2 rings (SSSR count). The zero-order valence-electron chi connectivity index (χ0n) is 9.90. The van der Waals surface area contributed by atoms with Crippen LogP contribution in [0.1, 0.15) is 18.0 Å². The molecule has 1 aliphatic heterocycles. The molecule has 0 aromatic heterocycles. The van der Waals surface area contributed by atoms with E-state index in [1.165, 1.54) is 5.56 Å². The van der Waals surface area contributed by atoms with E-state index in [2.05, 4.69) is 38.3 Å². The molecule has 94 valence electrons. The molecule has 1 fully saturated rings. The summed E-state index contributed by atoms with van der Waals surface area (Å²) in [4.78, 5) is 2.36. The minimum atomic E-state index is 0.128. The number of rotatable bonds is 3. The summed E-state index contributed by atoms with van der Waals surface area (Å²) >= 11 is 3.44. The molecule has 0 bridgehead atoms. The van der Waals surface area contributed by atoms with Crippen LogP contribution < -0.4 is 5.32 Å². The van der Waals surface area contributed by atoms with Gasteiger partial charge < -0.3 is 10.4 Å². The summed E-state index contributed by atoms with van der Waals surface area (Å²) in [7, 11) is 0. The lowest BCUT2D eigenvalue weighted by atomic mass is 10.1. The van der Waals surface area contributed by atoms with Crippen molar-refractivity contribution in [1.29, 1.82) is 0 Å². The number of nitrogens with zero attached hydrogens (tertiary/aromatic N) is 1. The highest BCUT2D eigenvalue weighted by molar-refractivity contribution is 9.10. The number of aliphatic hydroxyl groups excluding tert-OH is 1. The van der Waals surface area contributed by atoms with Gasteiger partial charge in [0.25, 0.3) is 0 Å². The Kier molecular flexibility index (Phi) is 4.98. The Hall–Kier alpha value is -0.420. The zero-order valence-corrected chi connectivity index (χ0v) is 11.5. The van der Waals surface area contributed by atoms with E-state index in [9.17, 15) is 5.11 Å². The van der Waals surface area contributed by atoms with Gasteiger partial charge in [-0.3, -0.25) is 4.90 Å². The summed E-state index contributed by atoms with van der Waals surface area (Å²) in [5.74, 6) is 0. The summed E-state index contributed by atoms with van der Waals surface area (Å²) in [6.07, 6.45) is 1.15. The first-order valence-corrected chi connectivity index (χ1v) is 6.91. The van der Waals surface area contributed by atoms with Crippen molar-refractivity contribution >= 4 is 15.9 Å². The molecule has 0 radical (unpaired) electrons. The molecule has 3 nitrogen and oxygen atoms in total.